The highest BCUT2D eigenvalue weighted by Crippen LogP contribution is 2.21. The second-order valence-corrected chi connectivity index (χ2v) is 4.06. The largest absolute Gasteiger partial charge is 0.481 e. The van der Waals surface area contributed by atoms with Crippen molar-refractivity contribution in [2.45, 2.75) is 6.92 Å². The van der Waals surface area contributed by atoms with E-state index in [0.29, 0.717) is 17.9 Å². The standard InChI is InChI=1S/C11H11IO4/c1-2-15-11(14)7-16-10-4-3-8(6-13)5-9(10)12/h3-6H,2,7H2,1H3. The molecule has 0 aromatic heterocycles. The number of esters is 1. The summed E-state index contributed by atoms with van der Waals surface area (Å²) in [4.78, 5) is 21.5. The number of halogens is 1. The molecule has 1 rings (SSSR count). The highest BCUT2D eigenvalue weighted by molar-refractivity contribution is 14.1. The molecule has 86 valence electrons. The lowest BCUT2D eigenvalue weighted by atomic mass is 10.2. The predicted molar refractivity (Wildman–Crippen MR) is 66.7 cm³/mol. The van der Waals surface area contributed by atoms with Gasteiger partial charge in [-0.15, -0.1) is 0 Å². The van der Waals surface area contributed by atoms with Crippen LogP contribution in [-0.4, -0.2) is 25.5 Å². The van der Waals surface area contributed by atoms with Crippen molar-refractivity contribution in [1.82, 2.24) is 0 Å². The molecule has 0 aliphatic rings. The molecule has 0 amide bonds. The summed E-state index contributed by atoms with van der Waals surface area (Å²) >= 11 is 2.04. The smallest absolute Gasteiger partial charge is 0.344 e. The molecule has 5 heteroatoms. The average Bonchev–Trinajstić information content (AvgIpc) is 2.27. The summed E-state index contributed by atoms with van der Waals surface area (Å²) in [6.07, 6.45) is 0.761. The Morgan fingerprint density at radius 2 is 2.25 bits per heavy atom. The van der Waals surface area contributed by atoms with Crippen LogP contribution in [0.15, 0.2) is 18.2 Å². The van der Waals surface area contributed by atoms with Crippen LogP contribution in [0.4, 0.5) is 0 Å². The molecule has 0 aliphatic heterocycles. The zero-order chi connectivity index (χ0) is 12.0. The third-order valence-corrected chi connectivity index (χ3v) is 2.59. The first-order valence-corrected chi connectivity index (χ1v) is 5.78. The first-order chi connectivity index (χ1) is 7.67. The Labute approximate surface area is 107 Å². The maximum atomic E-state index is 11.0. The Morgan fingerprint density at radius 3 is 2.81 bits per heavy atom. The quantitative estimate of drug-likeness (QED) is 0.470. The SMILES string of the molecule is CCOC(=O)COc1ccc(C=O)cc1I. The number of rotatable bonds is 5. The van der Waals surface area contributed by atoms with E-state index in [1.165, 1.54) is 0 Å². The van der Waals surface area contributed by atoms with Crippen molar-refractivity contribution in [3.8, 4) is 5.75 Å². The van der Waals surface area contributed by atoms with Crippen LogP contribution in [-0.2, 0) is 9.53 Å². The van der Waals surface area contributed by atoms with Crippen molar-refractivity contribution in [3.05, 3.63) is 27.3 Å². The highest BCUT2D eigenvalue weighted by atomic mass is 127. The summed E-state index contributed by atoms with van der Waals surface area (Å²) in [5.74, 6) is 0.164. The van der Waals surface area contributed by atoms with Crippen LogP contribution in [0.3, 0.4) is 0 Å². The normalized spacial score (nSPS) is 9.62. The van der Waals surface area contributed by atoms with Crippen LogP contribution in [0, 0.1) is 3.57 Å². The fraction of sp³-hybridized carbons (Fsp3) is 0.273. The molecule has 0 bridgehead atoms. The van der Waals surface area contributed by atoms with Crippen molar-refractivity contribution in [2.75, 3.05) is 13.2 Å². The Morgan fingerprint density at radius 1 is 1.50 bits per heavy atom. The molecule has 0 saturated carbocycles. The van der Waals surface area contributed by atoms with Gasteiger partial charge < -0.3 is 9.47 Å². The second kappa shape index (κ2) is 6.47. The van der Waals surface area contributed by atoms with E-state index in [2.05, 4.69) is 0 Å². The minimum absolute atomic E-state index is 0.121. The Bertz CT molecular complexity index is 390. The number of carbonyl (C=O) groups excluding carboxylic acids is 2. The number of benzene rings is 1. The van der Waals surface area contributed by atoms with Crippen LogP contribution in [0.25, 0.3) is 0 Å². The van der Waals surface area contributed by atoms with Crippen LogP contribution < -0.4 is 4.74 Å². The third-order valence-electron chi connectivity index (χ3n) is 1.74. The molecule has 0 aliphatic carbocycles. The van der Waals surface area contributed by atoms with Gasteiger partial charge in [-0.2, -0.15) is 0 Å². The molecule has 1 aromatic carbocycles. The van der Waals surface area contributed by atoms with E-state index in [1.807, 2.05) is 22.6 Å². The molecule has 1 aromatic rings. The molecule has 0 N–H and O–H groups in total. The van der Waals surface area contributed by atoms with Gasteiger partial charge in [0.1, 0.15) is 12.0 Å². The van der Waals surface area contributed by atoms with E-state index in [0.717, 1.165) is 9.86 Å². The number of carbonyl (C=O) groups is 2. The summed E-state index contributed by atoms with van der Waals surface area (Å²) in [6, 6.07) is 4.98. The number of ether oxygens (including phenoxy) is 2. The molecule has 4 nitrogen and oxygen atoms in total. The van der Waals surface area contributed by atoms with E-state index in [4.69, 9.17) is 9.47 Å². The predicted octanol–water partition coefficient (Wildman–Crippen LogP) is 2.05. The number of hydrogen-bond donors (Lipinski definition) is 0. The molecular formula is C11H11IO4. The fourth-order valence-corrected chi connectivity index (χ4v) is 1.74. The average molecular weight is 334 g/mol. The van der Waals surface area contributed by atoms with Crippen LogP contribution in [0.1, 0.15) is 17.3 Å². The number of hydrogen-bond acceptors (Lipinski definition) is 4. The topological polar surface area (TPSA) is 52.6 Å². The molecule has 0 radical (unpaired) electrons. The van der Waals surface area contributed by atoms with Crippen molar-refractivity contribution < 1.29 is 19.1 Å². The highest BCUT2D eigenvalue weighted by Gasteiger charge is 2.06. The molecule has 0 atom stereocenters. The Balaban J connectivity index is 2.60. The fourth-order valence-electron chi connectivity index (χ4n) is 1.05. The molecule has 0 fully saturated rings. The monoisotopic (exact) mass is 334 g/mol. The minimum Gasteiger partial charge on any atom is -0.481 e. The van der Waals surface area contributed by atoms with Crippen molar-refractivity contribution >= 4 is 34.8 Å². The van der Waals surface area contributed by atoms with Gasteiger partial charge in [-0.05, 0) is 47.7 Å². The molecule has 0 spiro atoms. The zero-order valence-corrected chi connectivity index (χ0v) is 10.9. The summed E-state index contributed by atoms with van der Waals surface area (Å²) in [7, 11) is 0. The van der Waals surface area contributed by atoms with Crippen molar-refractivity contribution in [1.29, 1.82) is 0 Å². The summed E-state index contributed by atoms with van der Waals surface area (Å²) < 4.78 is 10.8. The van der Waals surface area contributed by atoms with Gasteiger partial charge in [0.05, 0.1) is 10.2 Å². The van der Waals surface area contributed by atoms with E-state index in [-0.39, 0.29) is 6.61 Å². The first-order valence-electron chi connectivity index (χ1n) is 4.70. The molecule has 16 heavy (non-hydrogen) atoms. The van der Waals surface area contributed by atoms with E-state index in [9.17, 15) is 9.59 Å². The molecule has 0 saturated heterocycles. The zero-order valence-electron chi connectivity index (χ0n) is 8.73. The minimum atomic E-state index is -0.405. The van der Waals surface area contributed by atoms with Crippen LogP contribution in [0.5, 0.6) is 5.75 Å². The van der Waals surface area contributed by atoms with E-state index in [1.54, 1.807) is 25.1 Å². The van der Waals surface area contributed by atoms with Gasteiger partial charge in [-0.1, -0.05) is 0 Å². The molecule has 0 unspecified atom stereocenters. The molecule has 0 heterocycles. The Hall–Kier alpha value is -1.11. The van der Waals surface area contributed by atoms with Crippen LogP contribution in [0.2, 0.25) is 0 Å². The van der Waals surface area contributed by atoms with Crippen molar-refractivity contribution in [3.63, 3.8) is 0 Å². The maximum absolute atomic E-state index is 11.0. The van der Waals surface area contributed by atoms with Gasteiger partial charge in [-0.3, -0.25) is 4.79 Å². The van der Waals surface area contributed by atoms with Gasteiger partial charge in [0.15, 0.2) is 6.61 Å². The lowest BCUT2D eigenvalue weighted by molar-refractivity contribution is -0.145. The lowest BCUT2D eigenvalue weighted by Crippen LogP contribution is -2.15. The van der Waals surface area contributed by atoms with E-state index >= 15 is 0 Å². The van der Waals surface area contributed by atoms with Gasteiger partial charge in [0.2, 0.25) is 0 Å². The first kappa shape index (κ1) is 13.0. The number of aldehydes is 1. The van der Waals surface area contributed by atoms with Crippen LogP contribution >= 0.6 is 22.6 Å². The second-order valence-electron chi connectivity index (χ2n) is 2.90. The van der Waals surface area contributed by atoms with Crippen molar-refractivity contribution in [2.24, 2.45) is 0 Å². The van der Waals surface area contributed by atoms with E-state index < -0.39 is 5.97 Å². The van der Waals surface area contributed by atoms with Gasteiger partial charge in [0, 0.05) is 5.56 Å². The Kier molecular flexibility index (Phi) is 5.24. The van der Waals surface area contributed by atoms with Gasteiger partial charge >= 0.3 is 5.97 Å². The summed E-state index contributed by atoms with van der Waals surface area (Å²) in [5.41, 5.74) is 0.577. The third kappa shape index (κ3) is 3.80. The lowest BCUT2D eigenvalue weighted by Gasteiger charge is -2.07. The summed E-state index contributed by atoms with van der Waals surface area (Å²) in [5, 5.41) is 0. The maximum Gasteiger partial charge on any atom is 0.344 e. The van der Waals surface area contributed by atoms with Gasteiger partial charge in [-0.25, -0.2) is 4.79 Å². The molecular weight excluding hydrogens is 323 g/mol. The van der Waals surface area contributed by atoms with Gasteiger partial charge in [0.25, 0.3) is 0 Å². The summed E-state index contributed by atoms with van der Waals surface area (Å²) in [6.45, 7) is 1.95.